The zero-order chi connectivity index (χ0) is 11.4. The highest BCUT2D eigenvalue weighted by Crippen LogP contribution is 2.25. The summed E-state index contributed by atoms with van der Waals surface area (Å²) in [6.07, 6.45) is 8.68. The van der Waals surface area contributed by atoms with Crippen LogP contribution in [0.4, 0.5) is 0 Å². The molecule has 1 saturated carbocycles. The molecular formula is C11H21N5. The van der Waals surface area contributed by atoms with E-state index in [1.807, 2.05) is 0 Å². The molecule has 1 aromatic rings. The van der Waals surface area contributed by atoms with Crippen molar-refractivity contribution < 1.29 is 0 Å². The fourth-order valence-corrected chi connectivity index (χ4v) is 2.52. The fraction of sp³-hybridized carbons (Fsp3) is 0.909. The van der Waals surface area contributed by atoms with Crippen LogP contribution in [0.15, 0.2) is 0 Å². The first-order valence-corrected chi connectivity index (χ1v) is 6.24. The van der Waals surface area contributed by atoms with E-state index in [-0.39, 0.29) is 6.04 Å². The van der Waals surface area contributed by atoms with Crippen LogP contribution >= 0.6 is 0 Å². The molecule has 1 unspecified atom stereocenters. The lowest BCUT2D eigenvalue weighted by Crippen LogP contribution is -2.32. The maximum Gasteiger partial charge on any atom is 0.176 e. The van der Waals surface area contributed by atoms with Crippen LogP contribution in [-0.2, 0) is 13.5 Å². The number of rotatable bonds is 3. The van der Waals surface area contributed by atoms with Crippen molar-refractivity contribution in [1.82, 2.24) is 20.2 Å². The monoisotopic (exact) mass is 223 g/mol. The SMILES string of the molecule is Cn1nnc(CC(N)C2CCCCCC2)n1. The molecule has 1 heterocycles. The van der Waals surface area contributed by atoms with Gasteiger partial charge in [-0.25, -0.2) is 0 Å². The molecule has 2 rings (SSSR count). The Labute approximate surface area is 96.4 Å². The smallest absolute Gasteiger partial charge is 0.176 e. The third-order valence-electron chi connectivity index (χ3n) is 3.47. The Morgan fingerprint density at radius 3 is 2.56 bits per heavy atom. The number of nitrogens with two attached hydrogens (primary N) is 1. The summed E-state index contributed by atoms with van der Waals surface area (Å²) in [6, 6.07) is 0.197. The summed E-state index contributed by atoms with van der Waals surface area (Å²) in [4.78, 5) is 1.50. The Kier molecular flexibility index (Phi) is 3.88. The van der Waals surface area contributed by atoms with Crippen LogP contribution in [0.3, 0.4) is 0 Å². The van der Waals surface area contributed by atoms with Crippen molar-refractivity contribution in [2.24, 2.45) is 18.7 Å². The van der Waals surface area contributed by atoms with Gasteiger partial charge in [-0.15, -0.1) is 10.2 Å². The fourth-order valence-electron chi connectivity index (χ4n) is 2.52. The molecule has 1 aliphatic rings. The van der Waals surface area contributed by atoms with Crippen LogP contribution in [0.1, 0.15) is 44.3 Å². The van der Waals surface area contributed by atoms with Gasteiger partial charge in [-0.2, -0.15) is 4.80 Å². The summed E-state index contributed by atoms with van der Waals surface area (Å²) in [5, 5.41) is 12.0. The Morgan fingerprint density at radius 2 is 2.00 bits per heavy atom. The van der Waals surface area contributed by atoms with Gasteiger partial charge in [0.2, 0.25) is 0 Å². The van der Waals surface area contributed by atoms with E-state index < -0.39 is 0 Å². The summed E-state index contributed by atoms with van der Waals surface area (Å²) in [5.41, 5.74) is 6.24. The van der Waals surface area contributed by atoms with Gasteiger partial charge in [0.15, 0.2) is 5.82 Å². The van der Waals surface area contributed by atoms with Crippen LogP contribution in [-0.4, -0.2) is 26.2 Å². The molecule has 5 nitrogen and oxygen atoms in total. The topological polar surface area (TPSA) is 69.6 Å². The van der Waals surface area contributed by atoms with E-state index >= 15 is 0 Å². The predicted octanol–water partition coefficient (Wildman–Crippen LogP) is 1.05. The summed E-state index contributed by atoms with van der Waals surface area (Å²) >= 11 is 0. The van der Waals surface area contributed by atoms with Crippen LogP contribution in [0.2, 0.25) is 0 Å². The second kappa shape index (κ2) is 5.39. The first-order valence-electron chi connectivity index (χ1n) is 6.24. The van der Waals surface area contributed by atoms with Crippen molar-refractivity contribution in [3.63, 3.8) is 0 Å². The van der Waals surface area contributed by atoms with Gasteiger partial charge < -0.3 is 5.73 Å². The van der Waals surface area contributed by atoms with E-state index in [0.717, 1.165) is 12.2 Å². The highest BCUT2D eigenvalue weighted by atomic mass is 15.6. The lowest BCUT2D eigenvalue weighted by Gasteiger charge is -2.20. The van der Waals surface area contributed by atoms with Crippen LogP contribution in [0, 0.1) is 5.92 Å². The van der Waals surface area contributed by atoms with Crippen molar-refractivity contribution in [3.8, 4) is 0 Å². The third kappa shape index (κ3) is 3.01. The minimum absolute atomic E-state index is 0.197. The number of aryl methyl sites for hydroxylation is 1. The van der Waals surface area contributed by atoms with Crippen molar-refractivity contribution in [3.05, 3.63) is 5.82 Å². The van der Waals surface area contributed by atoms with Crippen molar-refractivity contribution in [2.75, 3.05) is 0 Å². The Morgan fingerprint density at radius 1 is 1.31 bits per heavy atom. The summed E-state index contributed by atoms with van der Waals surface area (Å²) in [7, 11) is 1.79. The molecule has 1 aromatic heterocycles. The van der Waals surface area contributed by atoms with Gasteiger partial charge in [0, 0.05) is 12.5 Å². The normalized spacial score (nSPS) is 20.6. The molecule has 16 heavy (non-hydrogen) atoms. The average Bonchev–Trinajstić information content (AvgIpc) is 2.56. The molecule has 0 aliphatic heterocycles. The zero-order valence-electron chi connectivity index (χ0n) is 9.97. The van der Waals surface area contributed by atoms with E-state index in [2.05, 4.69) is 15.4 Å². The van der Waals surface area contributed by atoms with E-state index in [1.165, 1.54) is 43.3 Å². The van der Waals surface area contributed by atoms with Gasteiger partial charge in [-0.05, 0) is 24.0 Å². The third-order valence-corrected chi connectivity index (χ3v) is 3.47. The van der Waals surface area contributed by atoms with Gasteiger partial charge in [0.25, 0.3) is 0 Å². The molecule has 0 bridgehead atoms. The maximum absolute atomic E-state index is 6.24. The Balaban J connectivity index is 1.88. The lowest BCUT2D eigenvalue weighted by molar-refractivity contribution is 0.368. The van der Waals surface area contributed by atoms with Gasteiger partial charge >= 0.3 is 0 Å². The highest BCUT2D eigenvalue weighted by Gasteiger charge is 2.21. The van der Waals surface area contributed by atoms with Gasteiger partial charge in [-0.1, -0.05) is 25.7 Å². The van der Waals surface area contributed by atoms with Gasteiger partial charge in [-0.3, -0.25) is 0 Å². The molecule has 0 spiro atoms. The minimum atomic E-state index is 0.197. The Hall–Kier alpha value is -0.970. The molecule has 1 fully saturated rings. The molecule has 2 N–H and O–H groups in total. The number of aromatic nitrogens is 4. The number of hydrogen-bond acceptors (Lipinski definition) is 4. The number of nitrogens with zero attached hydrogens (tertiary/aromatic N) is 4. The summed E-state index contributed by atoms with van der Waals surface area (Å²) < 4.78 is 0. The van der Waals surface area contributed by atoms with Gasteiger partial charge in [0.05, 0.1) is 7.05 Å². The summed E-state index contributed by atoms with van der Waals surface area (Å²) in [6.45, 7) is 0. The van der Waals surface area contributed by atoms with E-state index in [1.54, 1.807) is 7.05 Å². The molecule has 90 valence electrons. The largest absolute Gasteiger partial charge is 0.327 e. The van der Waals surface area contributed by atoms with Crippen LogP contribution in [0.5, 0.6) is 0 Å². The van der Waals surface area contributed by atoms with Crippen LogP contribution in [0.25, 0.3) is 0 Å². The van der Waals surface area contributed by atoms with E-state index in [4.69, 9.17) is 5.73 Å². The second-order valence-electron chi connectivity index (χ2n) is 4.81. The molecule has 1 aliphatic carbocycles. The first kappa shape index (κ1) is 11.5. The standard InChI is InChI=1S/C11H21N5/c1-16-14-11(13-15-16)8-10(12)9-6-4-2-3-5-7-9/h9-10H,2-8,12H2,1H3. The van der Waals surface area contributed by atoms with Crippen molar-refractivity contribution >= 4 is 0 Å². The zero-order valence-corrected chi connectivity index (χ0v) is 9.97. The second-order valence-corrected chi connectivity index (χ2v) is 4.81. The number of hydrogen-bond donors (Lipinski definition) is 1. The molecular weight excluding hydrogens is 202 g/mol. The van der Waals surface area contributed by atoms with Crippen molar-refractivity contribution in [2.45, 2.75) is 51.0 Å². The molecule has 5 heteroatoms. The molecule has 0 aromatic carbocycles. The molecule has 1 atom stereocenters. The molecule has 0 radical (unpaired) electrons. The minimum Gasteiger partial charge on any atom is -0.327 e. The quantitative estimate of drug-likeness (QED) is 0.778. The van der Waals surface area contributed by atoms with E-state index in [0.29, 0.717) is 5.92 Å². The summed E-state index contributed by atoms with van der Waals surface area (Å²) in [5.74, 6) is 1.42. The van der Waals surface area contributed by atoms with Crippen molar-refractivity contribution in [1.29, 1.82) is 0 Å². The predicted molar refractivity (Wildman–Crippen MR) is 61.7 cm³/mol. The molecule has 0 saturated heterocycles. The highest BCUT2D eigenvalue weighted by molar-refractivity contribution is 4.87. The average molecular weight is 223 g/mol. The first-order chi connectivity index (χ1) is 7.75. The number of tetrazole rings is 1. The van der Waals surface area contributed by atoms with E-state index in [9.17, 15) is 0 Å². The van der Waals surface area contributed by atoms with Crippen LogP contribution < -0.4 is 5.73 Å². The van der Waals surface area contributed by atoms with Gasteiger partial charge in [0.1, 0.15) is 0 Å². The lowest BCUT2D eigenvalue weighted by atomic mass is 9.90. The maximum atomic E-state index is 6.24. The Bertz CT molecular complexity index is 314. The molecule has 0 amide bonds.